The zero-order valence-electron chi connectivity index (χ0n) is 17.9. The number of aromatic nitrogens is 2. The molecule has 1 aliphatic heterocycles. The number of halogens is 1. The number of benzene rings is 2. The van der Waals surface area contributed by atoms with Crippen LogP contribution >= 0.6 is 11.6 Å². The van der Waals surface area contributed by atoms with Gasteiger partial charge in [0.2, 0.25) is 11.6 Å². The van der Waals surface area contributed by atoms with E-state index in [1.807, 2.05) is 4.90 Å². The molecular formula is C23H22ClN4O5+. The largest absolute Gasteiger partial charge is 0.497 e. The molecule has 1 aromatic heterocycles. The summed E-state index contributed by atoms with van der Waals surface area (Å²) in [6, 6.07) is 13.2. The molecule has 1 saturated carbocycles. The Balaban J connectivity index is 1.44. The molecule has 2 aromatic carbocycles. The Morgan fingerprint density at radius 3 is 2.45 bits per heavy atom. The fourth-order valence-electron chi connectivity index (χ4n) is 4.18. The number of anilines is 1. The van der Waals surface area contributed by atoms with Crippen LogP contribution in [-0.4, -0.2) is 41.2 Å². The molecule has 1 unspecified atom stereocenters. The Bertz CT molecular complexity index is 1250. The summed E-state index contributed by atoms with van der Waals surface area (Å²) >= 11 is 5.95. The van der Waals surface area contributed by atoms with Crippen molar-refractivity contribution in [3.63, 3.8) is 0 Å². The number of aromatic amines is 1. The maximum absolute atomic E-state index is 13.3. The van der Waals surface area contributed by atoms with Gasteiger partial charge in [-0.15, -0.1) is 0 Å². The van der Waals surface area contributed by atoms with Crippen LogP contribution in [0.4, 0.5) is 5.69 Å². The maximum Gasteiger partial charge on any atom is 0.431 e. The fraction of sp³-hybridized carbons (Fsp3) is 0.304. The molecular weight excluding hydrogens is 448 g/mol. The van der Waals surface area contributed by atoms with Crippen LogP contribution in [0.5, 0.6) is 5.75 Å². The number of hydrogen-bond donors (Lipinski definition) is 1. The summed E-state index contributed by atoms with van der Waals surface area (Å²) in [5.41, 5.74) is 0.992. The SMILES string of the molecule is COc1ccc(-[n+]2[nH]oc(=O)c2CN(C2CC2)C2CC(=O)N(c3ccc(Cl)cc3)C2=O)cc1. The van der Waals surface area contributed by atoms with Crippen LogP contribution < -0.4 is 19.9 Å². The highest BCUT2D eigenvalue weighted by molar-refractivity contribution is 6.30. The van der Waals surface area contributed by atoms with E-state index in [4.69, 9.17) is 20.9 Å². The molecule has 2 aliphatic rings. The third-order valence-corrected chi connectivity index (χ3v) is 6.27. The molecule has 0 radical (unpaired) electrons. The topological polar surface area (TPSA) is 99.7 Å². The van der Waals surface area contributed by atoms with E-state index >= 15 is 0 Å². The van der Waals surface area contributed by atoms with Crippen LogP contribution in [-0.2, 0) is 16.1 Å². The summed E-state index contributed by atoms with van der Waals surface area (Å²) in [5, 5.41) is 3.15. The average molecular weight is 470 g/mol. The second-order valence-electron chi connectivity index (χ2n) is 8.13. The summed E-state index contributed by atoms with van der Waals surface area (Å²) in [5.74, 6) is 0.107. The standard InChI is InChI=1S/C23H21ClN4O5/c1-32-18-10-8-17(9-11-18)28-20(23(31)33-25-28)13-26(15-6-7-15)19-12-21(29)27(22(19)30)16-4-2-14(24)3-5-16/h2-5,8-11,15,19H,6-7,12-13H2,1H3/p+1. The Kier molecular flexibility index (Phi) is 5.51. The van der Waals surface area contributed by atoms with Crippen LogP contribution in [0.2, 0.25) is 5.02 Å². The van der Waals surface area contributed by atoms with Gasteiger partial charge < -0.3 is 4.74 Å². The van der Waals surface area contributed by atoms with Gasteiger partial charge in [0.05, 0.1) is 31.8 Å². The first kappa shape index (κ1) is 21.4. The molecule has 5 rings (SSSR count). The zero-order valence-corrected chi connectivity index (χ0v) is 18.6. The van der Waals surface area contributed by atoms with Crippen LogP contribution in [0.15, 0.2) is 57.8 Å². The number of nitrogens with zero attached hydrogens (tertiary/aromatic N) is 3. The molecule has 10 heteroatoms. The number of carbonyl (C=O) groups is 2. The first-order valence-corrected chi connectivity index (χ1v) is 11.0. The molecule has 0 spiro atoms. The van der Waals surface area contributed by atoms with Crippen molar-refractivity contribution in [2.75, 3.05) is 12.0 Å². The molecule has 0 bridgehead atoms. The highest BCUT2D eigenvalue weighted by Gasteiger charge is 2.48. The smallest absolute Gasteiger partial charge is 0.431 e. The number of amides is 2. The number of ether oxygens (including phenoxy) is 1. The molecule has 33 heavy (non-hydrogen) atoms. The molecule has 1 saturated heterocycles. The molecule has 1 atom stereocenters. The van der Waals surface area contributed by atoms with E-state index in [-0.39, 0.29) is 30.8 Å². The third kappa shape index (κ3) is 4.05. The van der Waals surface area contributed by atoms with Crippen LogP contribution in [0, 0.1) is 0 Å². The molecule has 2 heterocycles. The Morgan fingerprint density at radius 1 is 1.12 bits per heavy atom. The number of hydrogen-bond acceptors (Lipinski definition) is 6. The Hall–Kier alpha value is -3.43. The molecule has 170 valence electrons. The van der Waals surface area contributed by atoms with Gasteiger partial charge in [-0.05, 0) is 59.2 Å². The van der Waals surface area contributed by atoms with Gasteiger partial charge in [0.25, 0.3) is 5.91 Å². The molecule has 1 N–H and O–H groups in total. The van der Waals surface area contributed by atoms with E-state index in [0.29, 0.717) is 27.8 Å². The molecule has 1 aliphatic carbocycles. The van der Waals surface area contributed by atoms with Gasteiger partial charge in [0.1, 0.15) is 5.75 Å². The summed E-state index contributed by atoms with van der Waals surface area (Å²) in [6.07, 6.45) is 1.85. The second kappa shape index (κ2) is 8.49. The summed E-state index contributed by atoms with van der Waals surface area (Å²) in [4.78, 5) is 41.8. The third-order valence-electron chi connectivity index (χ3n) is 6.02. The van der Waals surface area contributed by atoms with E-state index in [0.717, 1.165) is 12.8 Å². The van der Waals surface area contributed by atoms with E-state index < -0.39 is 11.7 Å². The number of H-pyrrole nitrogens is 1. The number of imide groups is 1. The minimum absolute atomic E-state index is 0.0518. The molecule has 3 aromatic rings. The lowest BCUT2D eigenvalue weighted by molar-refractivity contribution is -0.678. The van der Waals surface area contributed by atoms with Gasteiger partial charge in [-0.2, -0.15) is 0 Å². The van der Waals surface area contributed by atoms with Crippen molar-refractivity contribution in [3.8, 4) is 11.4 Å². The summed E-state index contributed by atoms with van der Waals surface area (Å²) in [6.45, 7) is 0.167. The van der Waals surface area contributed by atoms with Gasteiger partial charge in [0.15, 0.2) is 0 Å². The Labute approximate surface area is 194 Å². The van der Waals surface area contributed by atoms with Crippen molar-refractivity contribution in [1.29, 1.82) is 0 Å². The van der Waals surface area contributed by atoms with E-state index in [1.54, 1.807) is 60.3 Å². The van der Waals surface area contributed by atoms with Crippen molar-refractivity contribution >= 4 is 29.1 Å². The molecule has 2 amide bonds. The van der Waals surface area contributed by atoms with Crippen molar-refractivity contribution in [2.45, 2.75) is 37.9 Å². The fourth-order valence-corrected chi connectivity index (χ4v) is 4.30. The highest BCUT2D eigenvalue weighted by atomic mass is 35.5. The average Bonchev–Trinajstić information content (AvgIpc) is 3.54. The van der Waals surface area contributed by atoms with E-state index in [1.165, 1.54) is 4.90 Å². The maximum atomic E-state index is 13.3. The lowest BCUT2D eigenvalue weighted by atomic mass is 10.2. The monoisotopic (exact) mass is 469 g/mol. The van der Waals surface area contributed by atoms with Crippen molar-refractivity contribution < 1.29 is 23.5 Å². The number of carbonyl (C=O) groups excluding carboxylic acids is 2. The predicted octanol–water partition coefficient (Wildman–Crippen LogP) is 2.20. The van der Waals surface area contributed by atoms with Crippen LogP contribution in [0.25, 0.3) is 5.69 Å². The highest BCUT2D eigenvalue weighted by Crippen LogP contribution is 2.35. The van der Waals surface area contributed by atoms with Crippen molar-refractivity contribution in [1.82, 2.24) is 10.2 Å². The minimum Gasteiger partial charge on any atom is -0.497 e. The van der Waals surface area contributed by atoms with E-state index in [9.17, 15) is 14.4 Å². The lowest BCUT2D eigenvalue weighted by Gasteiger charge is -2.25. The van der Waals surface area contributed by atoms with Gasteiger partial charge in [0, 0.05) is 23.2 Å². The van der Waals surface area contributed by atoms with E-state index in [2.05, 4.69) is 5.27 Å². The van der Waals surface area contributed by atoms with Gasteiger partial charge in [-0.25, -0.2) is 9.69 Å². The predicted molar refractivity (Wildman–Crippen MR) is 118 cm³/mol. The molecule has 2 fully saturated rings. The number of methoxy groups -OCH3 is 1. The molecule has 9 nitrogen and oxygen atoms in total. The summed E-state index contributed by atoms with van der Waals surface area (Å²) in [7, 11) is 1.58. The number of rotatable bonds is 7. The second-order valence-corrected chi connectivity index (χ2v) is 8.56. The van der Waals surface area contributed by atoms with Gasteiger partial charge in [-0.1, -0.05) is 11.6 Å². The lowest BCUT2D eigenvalue weighted by Crippen LogP contribution is -2.47. The summed E-state index contributed by atoms with van der Waals surface area (Å²) < 4.78 is 11.8. The quantitative estimate of drug-likeness (QED) is 0.420. The first-order valence-electron chi connectivity index (χ1n) is 10.6. The van der Waals surface area contributed by atoms with Gasteiger partial charge >= 0.3 is 11.3 Å². The van der Waals surface area contributed by atoms with Crippen molar-refractivity contribution in [2.24, 2.45) is 0 Å². The normalized spacial score (nSPS) is 18.4. The number of nitrogens with one attached hydrogen (secondary N) is 1. The first-order chi connectivity index (χ1) is 16.0. The minimum atomic E-state index is -0.653. The van der Waals surface area contributed by atoms with Crippen LogP contribution in [0.1, 0.15) is 25.0 Å². The zero-order chi connectivity index (χ0) is 23.1. The van der Waals surface area contributed by atoms with Crippen molar-refractivity contribution in [3.05, 3.63) is 69.7 Å². The Morgan fingerprint density at radius 2 is 1.82 bits per heavy atom. The van der Waals surface area contributed by atoms with Gasteiger partial charge in [-0.3, -0.25) is 19.0 Å². The van der Waals surface area contributed by atoms with Crippen LogP contribution in [0.3, 0.4) is 0 Å².